The number of rotatable bonds is 7. The quantitative estimate of drug-likeness (QED) is 0.756. The number of hydrogen-bond acceptors (Lipinski definition) is 4. The second-order valence-corrected chi connectivity index (χ2v) is 4.03. The molecule has 0 aliphatic heterocycles. The van der Waals surface area contributed by atoms with E-state index in [9.17, 15) is 9.90 Å². The first-order chi connectivity index (χ1) is 8.67. The van der Waals surface area contributed by atoms with Crippen LogP contribution in [-0.2, 0) is 20.9 Å². The lowest BCUT2D eigenvalue weighted by Gasteiger charge is -2.11. The number of carbonyl (C=O) groups is 1. The van der Waals surface area contributed by atoms with E-state index in [1.807, 2.05) is 24.3 Å². The molecule has 0 bridgehead atoms. The first-order valence-corrected chi connectivity index (χ1v) is 6.08. The van der Waals surface area contributed by atoms with Gasteiger partial charge < -0.3 is 14.6 Å². The molecule has 0 aliphatic carbocycles. The van der Waals surface area contributed by atoms with Crippen LogP contribution in [-0.4, -0.2) is 24.8 Å². The molecule has 18 heavy (non-hydrogen) atoms. The van der Waals surface area contributed by atoms with Crippen molar-refractivity contribution in [2.24, 2.45) is 0 Å². The Morgan fingerprint density at radius 2 is 2.00 bits per heavy atom. The lowest BCUT2D eigenvalue weighted by molar-refractivity contribution is -0.143. The van der Waals surface area contributed by atoms with Crippen LogP contribution in [0.4, 0.5) is 0 Å². The van der Waals surface area contributed by atoms with Crippen molar-refractivity contribution >= 4 is 5.97 Å². The Balaban J connectivity index is 2.45. The summed E-state index contributed by atoms with van der Waals surface area (Å²) in [6.45, 7) is 2.70. The highest BCUT2D eigenvalue weighted by Crippen LogP contribution is 2.19. The Morgan fingerprint density at radius 1 is 1.33 bits per heavy atom. The van der Waals surface area contributed by atoms with Crippen LogP contribution in [0.5, 0.6) is 0 Å². The fourth-order valence-electron chi connectivity index (χ4n) is 1.66. The predicted octanol–water partition coefficient (Wildman–Crippen LogP) is 2.21. The third-order valence-electron chi connectivity index (χ3n) is 2.60. The molecule has 0 saturated heterocycles. The van der Waals surface area contributed by atoms with Crippen molar-refractivity contribution in [3.63, 3.8) is 0 Å². The van der Waals surface area contributed by atoms with Crippen molar-refractivity contribution < 1.29 is 19.4 Å². The summed E-state index contributed by atoms with van der Waals surface area (Å²) in [4.78, 5) is 11.2. The van der Waals surface area contributed by atoms with Crippen LogP contribution in [0, 0.1) is 0 Å². The van der Waals surface area contributed by atoms with Gasteiger partial charge in [0.15, 0.2) is 0 Å². The van der Waals surface area contributed by atoms with E-state index in [0.29, 0.717) is 19.6 Å². The molecule has 4 heteroatoms. The van der Waals surface area contributed by atoms with Gasteiger partial charge in [-0.2, -0.15) is 0 Å². The minimum Gasteiger partial charge on any atom is -0.466 e. The van der Waals surface area contributed by atoms with Crippen LogP contribution < -0.4 is 0 Å². The average molecular weight is 252 g/mol. The minimum atomic E-state index is -0.633. The molecule has 1 unspecified atom stereocenters. The van der Waals surface area contributed by atoms with Crippen molar-refractivity contribution in [2.75, 3.05) is 13.7 Å². The lowest BCUT2D eigenvalue weighted by atomic mass is 10.0. The molecule has 1 N–H and O–H groups in total. The highest BCUT2D eigenvalue weighted by molar-refractivity contribution is 5.69. The molecule has 0 fully saturated rings. The molecule has 0 saturated carbocycles. The Labute approximate surface area is 108 Å². The van der Waals surface area contributed by atoms with Crippen molar-refractivity contribution in [3.8, 4) is 0 Å². The molecule has 1 rings (SSSR count). The van der Waals surface area contributed by atoms with Gasteiger partial charge in [-0.25, -0.2) is 0 Å². The lowest BCUT2D eigenvalue weighted by Crippen LogP contribution is -2.07. The van der Waals surface area contributed by atoms with Gasteiger partial charge in [-0.15, -0.1) is 0 Å². The normalized spacial score (nSPS) is 12.2. The molecule has 0 spiro atoms. The zero-order valence-corrected chi connectivity index (χ0v) is 10.9. The van der Waals surface area contributed by atoms with Crippen molar-refractivity contribution in [1.82, 2.24) is 0 Å². The molecule has 0 radical (unpaired) electrons. The van der Waals surface area contributed by atoms with E-state index in [-0.39, 0.29) is 12.4 Å². The van der Waals surface area contributed by atoms with Crippen LogP contribution in [0.3, 0.4) is 0 Å². The summed E-state index contributed by atoms with van der Waals surface area (Å²) in [7, 11) is 1.64. The highest BCUT2D eigenvalue weighted by atomic mass is 16.5. The van der Waals surface area contributed by atoms with Crippen molar-refractivity contribution in [1.29, 1.82) is 0 Å². The van der Waals surface area contributed by atoms with Gasteiger partial charge in [0.25, 0.3) is 0 Å². The Kier molecular flexibility index (Phi) is 6.39. The van der Waals surface area contributed by atoms with E-state index in [0.717, 1.165) is 11.1 Å². The maximum Gasteiger partial charge on any atom is 0.305 e. The summed E-state index contributed by atoms with van der Waals surface area (Å²) < 4.78 is 9.82. The first-order valence-electron chi connectivity index (χ1n) is 6.08. The van der Waals surface area contributed by atoms with Gasteiger partial charge in [0.2, 0.25) is 0 Å². The topological polar surface area (TPSA) is 55.8 Å². The van der Waals surface area contributed by atoms with Gasteiger partial charge in [-0.1, -0.05) is 24.3 Å². The van der Waals surface area contributed by atoms with E-state index in [2.05, 4.69) is 0 Å². The van der Waals surface area contributed by atoms with E-state index < -0.39 is 6.10 Å². The molecular weight excluding hydrogens is 232 g/mol. The molecule has 1 aromatic rings. The number of carbonyl (C=O) groups excluding carboxylic acids is 1. The fourth-order valence-corrected chi connectivity index (χ4v) is 1.66. The summed E-state index contributed by atoms with van der Waals surface area (Å²) in [6, 6.07) is 7.52. The van der Waals surface area contributed by atoms with E-state index in [1.165, 1.54) is 0 Å². The zero-order chi connectivity index (χ0) is 13.4. The number of aliphatic hydroxyl groups excluding tert-OH is 1. The van der Waals surface area contributed by atoms with Gasteiger partial charge in [-0.3, -0.25) is 4.79 Å². The Hall–Kier alpha value is -1.39. The van der Waals surface area contributed by atoms with E-state index in [1.54, 1.807) is 14.0 Å². The predicted molar refractivity (Wildman–Crippen MR) is 68.0 cm³/mol. The Morgan fingerprint density at radius 3 is 2.56 bits per heavy atom. The molecule has 1 aromatic carbocycles. The molecule has 0 aliphatic rings. The molecule has 1 atom stereocenters. The van der Waals surface area contributed by atoms with Crippen LogP contribution in [0.1, 0.15) is 37.0 Å². The van der Waals surface area contributed by atoms with Crippen molar-refractivity contribution in [2.45, 2.75) is 32.5 Å². The van der Waals surface area contributed by atoms with Crippen LogP contribution in [0.25, 0.3) is 0 Å². The summed E-state index contributed by atoms with van der Waals surface area (Å²) in [5.74, 6) is -0.271. The van der Waals surface area contributed by atoms with E-state index >= 15 is 0 Å². The van der Waals surface area contributed by atoms with Gasteiger partial charge in [-0.05, 0) is 24.5 Å². The second-order valence-electron chi connectivity index (χ2n) is 4.03. The minimum absolute atomic E-state index is 0.231. The fraction of sp³-hybridized carbons (Fsp3) is 0.500. The van der Waals surface area contributed by atoms with Gasteiger partial charge in [0.05, 0.1) is 19.3 Å². The summed E-state index contributed by atoms with van der Waals surface area (Å²) in [5.41, 5.74) is 1.86. The second kappa shape index (κ2) is 7.84. The van der Waals surface area contributed by atoms with Gasteiger partial charge >= 0.3 is 5.97 Å². The molecule has 4 nitrogen and oxygen atoms in total. The smallest absolute Gasteiger partial charge is 0.305 e. The average Bonchev–Trinajstić information content (AvgIpc) is 2.37. The monoisotopic (exact) mass is 252 g/mol. The molecule has 0 heterocycles. The maximum absolute atomic E-state index is 11.2. The third kappa shape index (κ3) is 4.85. The molecular formula is C14H20O4. The number of esters is 1. The molecule has 100 valence electrons. The number of hydrogen-bond donors (Lipinski definition) is 1. The SMILES string of the molecule is CCOC(=O)CCC(O)c1ccc(COC)cc1. The number of ether oxygens (including phenoxy) is 2. The van der Waals surface area contributed by atoms with Crippen LogP contribution >= 0.6 is 0 Å². The van der Waals surface area contributed by atoms with Crippen LogP contribution in [0.15, 0.2) is 24.3 Å². The zero-order valence-electron chi connectivity index (χ0n) is 10.9. The van der Waals surface area contributed by atoms with Crippen molar-refractivity contribution in [3.05, 3.63) is 35.4 Å². The third-order valence-corrected chi connectivity index (χ3v) is 2.60. The first kappa shape index (κ1) is 14.7. The summed E-state index contributed by atoms with van der Waals surface area (Å²) in [5, 5.41) is 9.92. The molecule has 0 aromatic heterocycles. The number of aliphatic hydroxyl groups is 1. The standard InChI is InChI=1S/C14H20O4/c1-3-18-14(16)9-8-13(15)12-6-4-11(5-7-12)10-17-2/h4-7,13,15H,3,8-10H2,1-2H3. The van der Waals surface area contributed by atoms with Gasteiger partial charge in [0, 0.05) is 13.5 Å². The Bertz CT molecular complexity index is 359. The maximum atomic E-state index is 11.2. The summed E-state index contributed by atoms with van der Waals surface area (Å²) >= 11 is 0. The number of benzene rings is 1. The van der Waals surface area contributed by atoms with Gasteiger partial charge in [0.1, 0.15) is 0 Å². The van der Waals surface area contributed by atoms with E-state index in [4.69, 9.17) is 9.47 Å². The largest absolute Gasteiger partial charge is 0.466 e. The number of methoxy groups -OCH3 is 1. The van der Waals surface area contributed by atoms with Crippen LogP contribution in [0.2, 0.25) is 0 Å². The molecule has 0 amide bonds. The highest BCUT2D eigenvalue weighted by Gasteiger charge is 2.10. The summed E-state index contributed by atoms with van der Waals surface area (Å²) in [6.07, 6.45) is -0.0249.